The van der Waals surface area contributed by atoms with Crippen molar-refractivity contribution in [3.63, 3.8) is 0 Å². The second-order valence-corrected chi connectivity index (χ2v) is 16.6. The number of halogens is 1. The van der Waals surface area contributed by atoms with Crippen LogP contribution >= 0.6 is 0 Å². The molecule has 0 saturated carbocycles. The Morgan fingerprint density at radius 3 is 2.46 bits per heavy atom. The summed E-state index contributed by atoms with van der Waals surface area (Å²) in [5.74, 6) is -1.08. The van der Waals surface area contributed by atoms with Crippen LogP contribution in [-0.4, -0.2) is 34.2 Å². The van der Waals surface area contributed by atoms with E-state index in [0.29, 0.717) is 6.61 Å². The molecule has 2 heterocycles. The minimum Gasteiger partial charge on any atom is -0.480 e. The van der Waals surface area contributed by atoms with Crippen LogP contribution in [0.25, 0.3) is 22.4 Å². The number of hydrogen-bond acceptors (Lipinski definition) is 4. The zero-order valence-corrected chi connectivity index (χ0v) is 24.0. The number of carbonyl (C=O) groups is 1. The van der Waals surface area contributed by atoms with Gasteiger partial charge in [-0.3, -0.25) is 14.5 Å². The molecule has 37 heavy (non-hydrogen) atoms. The quantitative estimate of drug-likeness (QED) is 0.338. The average Bonchev–Trinajstić information content (AvgIpc) is 3.10. The molecule has 0 fully saturated rings. The van der Waals surface area contributed by atoms with Crippen molar-refractivity contribution >= 4 is 14.3 Å². The van der Waals surface area contributed by atoms with Gasteiger partial charge in [0, 0.05) is 23.0 Å². The number of aliphatic carboxylic acids is 1. The molecule has 0 saturated heterocycles. The minimum absolute atomic E-state index is 0.0633. The normalized spacial score (nSPS) is 13.9. The van der Waals surface area contributed by atoms with Crippen molar-refractivity contribution in [1.82, 2.24) is 14.8 Å². The SMILES string of the molecule is CC(C)c1nc2c(c(-c3ccc(F)cc3)c1CO[Si](C)(C)C(C)(C)C)CCCc1nn(CC(=O)O)cc1-2. The summed E-state index contributed by atoms with van der Waals surface area (Å²) >= 11 is 0. The fraction of sp³-hybridized carbons (Fsp3) is 0.483. The van der Waals surface area contributed by atoms with Crippen LogP contribution < -0.4 is 0 Å². The third-order valence-corrected chi connectivity index (χ3v) is 12.2. The molecule has 1 aliphatic rings. The summed E-state index contributed by atoms with van der Waals surface area (Å²) in [6.07, 6.45) is 4.22. The maximum Gasteiger partial charge on any atom is 0.325 e. The lowest BCUT2D eigenvalue weighted by atomic mass is 9.87. The van der Waals surface area contributed by atoms with Crippen molar-refractivity contribution in [3.05, 3.63) is 58.8 Å². The Morgan fingerprint density at radius 2 is 1.86 bits per heavy atom. The summed E-state index contributed by atoms with van der Waals surface area (Å²) in [6.45, 7) is 15.7. The van der Waals surface area contributed by atoms with Gasteiger partial charge < -0.3 is 9.53 Å². The molecule has 0 spiro atoms. The number of pyridine rings is 1. The highest BCUT2D eigenvalue weighted by Crippen LogP contribution is 2.43. The van der Waals surface area contributed by atoms with E-state index in [9.17, 15) is 14.3 Å². The third-order valence-electron chi connectivity index (χ3n) is 7.73. The van der Waals surface area contributed by atoms with Gasteiger partial charge >= 0.3 is 5.97 Å². The van der Waals surface area contributed by atoms with Gasteiger partial charge in [0.05, 0.1) is 18.0 Å². The van der Waals surface area contributed by atoms with E-state index in [0.717, 1.165) is 64.2 Å². The molecule has 0 radical (unpaired) electrons. The van der Waals surface area contributed by atoms with Gasteiger partial charge in [-0.15, -0.1) is 0 Å². The highest BCUT2D eigenvalue weighted by Gasteiger charge is 2.38. The summed E-state index contributed by atoms with van der Waals surface area (Å²) in [4.78, 5) is 16.6. The van der Waals surface area contributed by atoms with Gasteiger partial charge in [-0.2, -0.15) is 5.10 Å². The van der Waals surface area contributed by atoms with Gasteiger partial charge in [0.15, 0.2) is 8.32 Å². The first-order valence-electron chi connectivity index (χ1n) is 13.0. The zero-order valence-electron chi connectivity index (χ0n) is 23.0. The number of aryl methyl sites for hydroxylation is 1. The van der Waals surface area contributed by atoms with Gasteiger partial charge in [-0.25, -0.2) is 4.39 Å². The van der Waals surface area contributed by atoms with E-state index in [1.54, 1.807) is 0 Å². The molecule has 0 bridgehead atoms. The van der Waals surface area contributed by atoms with Crippen LogP contribution in [0, 0.1) is 5.82 Å². The van der Waals surface area contributed by atoms with Gasteiger partial charge in [-0.05, 0) is 72.1 Å². The van der Waals surface area contributed by atoms with E-state index in [2.05, 4.69) is 52.8 Å². The van der Waals surface area contributed by atoms with Crippen LogP contribution in [0.5, 0.6) is 0 Å². The zero-order chi connectivity index (χ0) is 27.1. The largest absolute Gasteiger partial charge is 0.480 e. The molecule has 1 N–H and O–H groups in total. The standard InChI is InChI=1S/C29H38FN3O3Si/c1-18(2)27-23(17-36-37(6,7)29(3,4)5)26(19-11-13-20(30)14-12-19)21-9-8-10-24-22(28(21)31-27)15-33(32-24)16-25(34)35/h11-15,18H,8-10,16-17H2,1-7H3,(H,34,35). The fourth-order valence-corrected chi connectivity index (χ4v) is 5.64. The molecule has 2 aromatic heterocycles. The van der Waals surface area contributed by atoms with E-state index in [-0.39, 0.29) is 23.3 Å². The monoisotopic (exact) mass is 523 g/mol. The van der Waals surface area contributed by atoms with Crippen molar-refractivity contribution < 1.29 is 18.7 Å². The number of carboxylic acids is 1. The molecule has 4 rings (SSSR count). The van der Waals surface area contributed by atoms with Crippen LogP contribution in [0.3, 0.4) is 0 Å². The molecule has 0 atom stereocenters. The Labute approximate surface area is 220 Å². The molecule has 8 heteroatoms. The van der Waals surface area contributed by atoms with Crippen molar-refractivity contribution in [3.8, 4) is 22.4 Å². The first kappa shape index (κ1) is 27.2. The lowest BCUT2D eigenvalue weighted by molar-refractivity contribution is -0.137. The second-order valence-electron chi connectivity index (χ2n) is 11.8. The number of fused-ring (bicyclic) bond motifs is 3. The molecule has 6 nitrogen and oxygen atoms in total. The van der Waals surface area contributed by atoms with Gasteiger partial charge in [0.1, 0.15) is 12.4 Å². The lowest BCUT2D eigenvalue weighted by Crippen LogP contribution is -2.40. The van der Waals surface area contributed by atoms with E-state index >= 15 is 0 Å². The Bertz CT molecular complexity index is 1310. The number of nitrogens with zero attached hydrogens (tertiary/aromatic N) is 3. The first-order chi connectivity index (χ1) is 17.3. The Hall–Kier alpha value is -2.84. The van der Waals surface area contributed by atoms with E-state index in [1.165, 1.54) is 16.8 Å². The predicted molar refractivity (Wildman–Crippen MR) is 147 cm³/mol. The molecular weight excluding hydrogens is 485 g/mol. The molecule has 198 valence electrons. The molecule has 3 aromatic rings. The maximum absolute atomic E-state index is 14.0. The topological polar surface area (TPSA) is 77.2 Å². The molecule has 1 aromatic carbocycles. The molecular formula is C29H38FN3O3Si. The van der Waals surface area contributed by atoms with Crippen molar-refractivity contribution in [1.29, 1.82) is 0 Å². The summed E-state index contributed by atoms with van der Waals surface area (Å²) in [6, 6.07) is 6.68. The second kappa shape index (κ2) is 10.1. The first-order valence-corrected chi connectivity index (χ1v) is 15.9. The predicted octanol–water partition coefficient (Wildman–Crippen LogP) is 6.97. The van der Waals surface area contributed by atoms with Crippen molar-refractivity contribution in [2.45, 2.75) is 91.1 Å². The Kier molecular flexibility index (Phi) is 7.45. The summed E-state index contributed by atoms with van der Waals surface area (Å²) in [5, 5.41) is 14.0. The van der Waals surface area contributed by atoms with Gasteiger partial charge in [0.2, 0.25) is 0 Å². The Balaban J connectivity index is 1.97. The summed E-state index contributed by atoms with van der Waals surface area (Å²) in [5.41, 5.74) is 7.72. The van der Waals surface area contributed by atoms with Crippen molar-refractivity contribution in [2.75, 3.05) is 0 Å². The van der Waals surface area contributed by atoms with Crippen LogP contribution in [0.15, 0.2) is 30.5 Å². The maximum atomic E-state index is 14.0. The van der Waals surface area contributed by atoms with Crippen LogP contribution in [0.1, 0.15) is 69.5 Å². The smallest absolute Gasteiger partial charge is 0.325 e. The Morgan fingerprint density at radius 1 is 1.19 bits per heavy atom. The van der Waals surface area contributed by atoms with Crippen LogP contribution in [0.4, 0.5) is 4.39 Å². The highest BCUT2D eigenvalue weighted by atomic mass is 28.4. The third kappa shape index (κ3) is 5.55. The van der Waals surface area contributed by atoms with Crippen molar-refractivity contribution in [2.24, 2.45) is 0 Å². The number of carboxylic acid groups (broad SMARTS) is 1. The molecule has 1 aliphatic carbocycles. The van der Waals surface area contributed by atoms with E-state index in [4.69, 9.17) is 9.41 Å². The molecule has 0 aliphatic heterocycles. The fourth-order valence-electron chi connectivity index (χ4n) is 4.70. The lowest BCUT2D eigenvalue weighted by Gasteiger charge is -2.37. The minimum atomic E-state index is -2.05. The number of rotatable bonds is 7. The van der Waals surface area contributed by atoms with E-state index in [1.807, 2.05) is 18.3 Å². The average molecular weight is 524 g/mol. The van der Waals surface area contributed by atoms with Crippen LogP contribution in [0.2, 0.25) is 18.1 Å². The van der Waals surface area contributed by atoms with E-state index < -0.39 is 14.3 Å². The number of hydrogen-bond donors (Lipinski definition) is 1. The van der Waals surface area contributed by atoms with Gasteiger partial charge in [-0.1, -0.05) is 46.8 Å². The number of aromatic nitrogens is 3. The van der Waals surface area contributed by atoms with Crippen LogP contribution in [-0.2, 0) is 35.2 Å². The summed E-state index contributed by atoms with van der Waals surface area (Å²) in [7, 11) is -2.05. The number of benzene rings is 1. The summed E-state index contributed by atoms with van der Waals surface area (Å²) < 4.78 is 22.2. The molecule has 0 amide bonds. The van der Waals surface area contributed by atoms with Gasteiger partial charge in [0.25, 0.3) is 0 Å². The molecule has 0 unspecified atom stereocenters. The highest BCUT2D eigenvalue weighted by molar-refractivity contribution is 6.74.